The molecule has 3 nitrogen and oxygen atoms in total. The lowest BCUT2D eigenvalue weighted by molar-refractivity contribution is -0.143. The number of likely N-dealkylation sites (N-methyl/N-ethyl adjacent to an activating group) is 1. The van der Waals surface area contributed by atoms with Gasteiger partial charge in [0, 0.05) is 6.54 Å². The molecule has 0 bridgehead atoms. The molecular formula is C12H13F3N2O. The zero-order valence-corrected chi connectivity index (χ0v) is 9.87. The zero-order chi connectivity index (χ0) is 13.6. The fraction of sp³-hybridized carbons (Fsp3) is 0.417. The minimum Gasteiger partial charge on any atom is -0.491 e. The van der Waals surface area contributed by atoms with Gasteiger partial charge in [-0.1, -0.05) is 12.1 Å². The molecule has 0 aliphatic heterocycles. The van der Waals surface area contributed by atoms with Crippen molar-refractivity contribution < 1.29 is 17.9 Å². The molecule has 1 aromatic carbocycles. The molecule has 0 amide bonds. The molecule has 0 aliphatic rings. The summed E-state index contributed by atoms with van der Waals surface area (Å²) >= 11 is 0. The summed E-state index contributed by atoms with van der Waals surface area (Å²) in [7, 11) is 1.37. The summed E-state index contributed by atoms with van der Waals surface area (Å²) in [5.41, 5.74) is 0.371. The van der Waals surface area contributed by atoms with E-state index in [1.165, 1.54) is 7.05 Å². The van der Waals surface area contributed by atoms with Crippen molar-refractivity contribution in [3.05, 3.63) is 29.8 Å². The van der Waals surface area contributed by atoms with E-state index in [2.05, 4.69) is 0 Å². The Bertz CT molecular complexity index is 426. The predicted octanol–water partition coefficient (Wildman–Crippen LogP) is 2.43. The van der Waals surface area contributed by atoms with Gasteiger partial charge in [-0.05, 0) is 19.2 Å². The summed E-state index contributed by atoms with van der Waals surface area (Å²) in [6.45, 7) is -0.735. The Kier molecular flexibility index (Phi) is 4.98. The summed E-state index contributed by atoms with van der Waals surface area (Å²) in [5, 5.41) is 8.79. The molecule has 0 unspecified atom stereocenters. The van der Waals surface area contributed by atoms with Gasteiger partial charge in [-0.25, -0.2) is 0 Å². The number of ether oxygens (including phenoxy) is 1. The summed E-state index contributed by atoms with van der Waals surface area (Å²) < 4.78 is 41.4. The highest BCUT2D eigenvalue weighted by atomic mass is 19.4. The van der Waals surface area contributed by atoms with Crippen molar-refractivity contribution in [1.82, 2.24) is 4.90 Å². The second-order valence-electron chi connectivity index (χ2n) is 3.81. The molecule has 0 heterocycles. The number of benzene rings is 1. The van der Waals surface area contributed by atoms with E-state index in [0.717, 1.165) is 4.90 Å². The first-order valence-electron chi connectivity index (χ1n) is 5.29. The molecule has 0 radical (unpaired) electrons. The number of para-hydroxylation sites is 1. The van der Waals surface area contributed by atoms with E-state index in [9.17, 15) is 13.2 Å². The molecule has 0 saturated carbocycles. The van der Waals surface area contributed by atoms with Crippen molar-refractivity contribution in [2.24, 2.45) is 0 Å². The van der Waals surface area contributed by atoms with Crippen LogP contribution in [0.25, 0.3) is 0 Å². The quantitative estimate of drug-likeness (QED) is 0.813. The fourth-order valence-electron chi connectivity index (χ4n) is 1.38. The van der Waals surface area contributed by atoms with E-state index in [-0.39, 0.29) is 13.2 Å². The Labute approximate surface area is 103 Å². The number of alkyl halides is 3. The highest BCUT2D eigenvalue weighted by Crippen LogP contribution is 2.17. The molecule has 18 heavy (non-hydrogen) atoms. The van der Waals surface area contributed by atoms with Crippen molar-refractivity contribution in [2.75, 3.05) is 26.7 Å². The molecule has 1 aromatic rings. The van der Waals surface area contributed by atoms with Crippen LogP contribution in [0.3, 0.4) is 0 Å². The number of nitrogens with zero attached hydrogens (tertiary/aromatic N) is 2. The van der Waals surface area contributed by atoms with Crippen LogP contribution in [0.2, 0.25) is 0 Å². The smallest absolute Gasteiger partial charge is 0.401 e. The van der Waals surface area contributed by atoms with Crippen LogP contribution < -0.4 is 4.74 Å². The van der Waals surface area contributed by atoms with Crippen LogP contribution in [0.15, 0.2) is 24.3 Å². The van der Waals surface area contributed by atoms with E-state index in [0.29, 0.717) is 11.3 Å². The fourth-order valence-corrected chi connectivity index (χ4v) is 1.38. The van der Waals surface area contributed by atoms with Crippen LogP contribution in [-0.4, -0.2) is 37.8 Å². The molecule has 0 atom stereocenters. The van der Waals surface area contributed by atoms with Crippen molar-refractivity contribution in [3.63, 3.8) is 0 Å². The number of halogens is 3. The third-order valence-electron chi connectivity index (χ3n) is 2.19. The van der Waals surface area contributed by atoms with E-state index in [4.69, 9.17) is 10.00 Å². The first-order chi connectivity index (χ1) is 8.42. The second kappa shape index (κ2) is 6.26. The van der Waals surface area contributed by atoms with Crippen LogP contribution in [0.5, 0.6) is 5.75 Å². The third kappa shape index (κ3) is 5.06. The van der Waals surface area contributed by atoms with Crippen molar-refractivity contribution in [3.8, 4) is 11.8 Å². The molecule has 1 rings (SSSR count). The largest absolute Gasteiger partial charge is 0.491 e. The third-order valence-corrected chi connectivity index (χ3v) is 2.19. The number of rotatable bonds is 5. The molecule has 98 valence electrons. The minimum atomic E-state index is -4.21. The van der Waals surface area contributed by atoms with E-state index in [1.54, 1.807) is 24.3 Å². The Morgan fingerprint density at radius 3 is 2.61 bits per heavy atom. The maximum atomic E-state index is 12.0. The molecule has 0 aromatic heterocycles. The van der Waals surface area contributed by atoms with Crippen LogP contribution >= 0.6 is 0 Å². The van der Waals surface area contributed by atoms with Crippen LogP contribution in [0.4, 0.5) is 13.2 Å². The molecule has 0 fully saturated rings. The summed E-state index contributed by atoms with van der Waals surface area (Å²) in [5.74, 6) is 0.389. The van der Waals surface area contributed by atoms with Gasteiger partial charge in [0.25, 0.3) is 0 Å². The maximum Gasteiger partial charge on any atom is 0.401 e. The predicted molar refractivity (Wildman–Crippen MR) is 60.2 cm³/mol. The highest BCUT2D eigenvalue weighted by Gasteiger charge is 2.28. The standard InChI is InChI=1S/C12H13F3N2O/c1-17(9-12(13,14)15)6-7-18-11-5-3-2-4-10(11)8-16/h2-5H,6-7,9H2,1H3. The first-order valence-corrected chi connectivity index (χ1v) is 5.29. The average molecular weight is 258 g/mol. The Balaban J connectivity index is 2.40. The molecular weight excluding hydrogens is 245 g/mol. The Hall–Kier alpha value is -1.74. The average Bonchev–Trinajstić information content (AvgIpc) is 2.27. The van der Waals surface area contributed by atoms with Crippen molar-refractivity contribution in [2.45, 2.75) is 6.18 Å². The maximum absolute atomic E-state index is 12.0. The lowest BCUT2D eigenvalue weighted by atomic mass is 10.2. The lowest BCUT2D eigenvalue weighted by Gasteiger charge is -2.18. The normalized spacial score (nSPS) is 11.3. The highest BCUT2D eigenvalue weighted by molar-refractivity contribution is 5.42. The Morgan fingerprint density at radius 2 is 2.00 bits per heavy atom. The summed E-state index contributed by atoms with van der Waals surface area (Å²) in [6.07, 6.45) is -4.21. The Morgan fingerprint density at radius 1 is 1.33 bits per heavy atom. The minimum absolute atomic E-state index is 0.102. The van der Waals surface area contributed by atoms with E-state index in [1.807, 2.05) is 6.07 Å². The van der Waals surface area contributed by atoms with Gasteiger partial charge >= 0.3 is 6.18 Å². The van der Waals surface area contributed by atoms with Gasteiger partial charge in [0.15, 0.2) is 0 Å². The SMILES string of the molecule is CN(CCOc1ccccc1C#N)CC(F)(F)F. The number of hydrogen-bond acceptors (Lipinski definition) is 3. The van der Waals surface area contributed by atoms with Gasteiger partial charge < -0.3 is 4.74 Å². The van der Waals surface area contributed by atoms with E-state index >= 15 is 0 Å². The molecule has 0 saturated heterocycles. The molecule has 6 heteroatoms. The lowest BCUT2D eigenvalue weighted by Crippen LogP contribution is -2.33. The monoisotopic (exact) mass is 258 g/mol. The number of nitriles is 1. The first kappa shape index (κ1) is 14.3. The topological polar surface area (TPSA) is 36.3 Å². The van der Waals surface area contributed by atoms with Crippen molar-refractivity contribution in [1.29, 1.82) is 5.26 Å². The van der Waals surface area contributed by atoms with Gasteiger partial charge in [-0.3, -0.25) is 4.90 Å². The molecule has 0 spiro atoms. The molecule has 0 N–H and O–H groups in total. The van der Waals surface area contributed by atoms with E-state index < -0.39 is 12.7 Å². The van der Waals surface area contributed by atoms with Gasteiger partial charge in [-0.2, -0.15) is 18.4 Å². The van der Waals surface area contributed by atoms with Crippen LogP contribution in [0.1, 0.15) is 5.56 Å². The van der Waals surface area contributed by atoms with Gasteiger partial charge in [0.2, 0.25) is 0 Å². The van der Waals surface area contributed by atoms with Crippen LogP contribution in [0, 0.1) is 11.3 Å². The van der Waals surface area contributed by atoms with Gasteiger partial charge in [0.1, 0.15) is 18.4 Å². The van der Waals surface area contributed by atoms with Gasteiger partial charge in [-0.15, -0.1) is 0 Å². The van der Waals surface area contributed by atoms with Crippen molar-refractivity contribution >= 4 is 0 Å². The number of hydrogen-bond donors (Lipinski definition) is 0. The van der Waals surface area contributed by atoms with Gasteiger partial charge in [0.05, 0.1) is 12.1 Å². The van der Waals surface area contributed by atoms with Crippen LogP contribution in [-0.2, 0) is 0 Å². The second-order valence-corrected chi connectivity index (χ2v) is 3.81. The molecule has 0 aliphatic carbocycles. The summed E-state index contributed by atoms with van der Waals surface area (Å²) in [4.78, 5) is 1.12. The zero-order valence-electron chi connectivity index (χ0n) is 9.87. The summed E-state index contributed by atoms with van der Waals surface area (Å²) in [6, 6.07) is 8.56.